The zero-order valence-electron chi connectivity index (χ0n) is 18.6. The van der Waals surface area contributed by atoms with Crippen LogP contribution in [0.25, 0.3) is 11.0 Å². The lowest BCUT2D eigenvalue weighted by molar-refractivity contribution is 0.0892. The van der Waals surface area contributed by atoms with Gasteiger partial charge in [0.2, 0.25) is 10.0 Å². The molecular weight excluding hydrogens is 464 g/mol. The number of ether oxygens (including phenoxy) is 1. The fourth-order valence-corrected chi connectivity index (χ4v) is 5.95. The lowest BCUT2D eigenvalue weighted by Crippen LogP contribution is -2.33. The molecule has 1 amide bonds. The van der Waals surface area contributed by atoms with Crippen LogP contribution in [0.2, 0.25) is 5.02 Å². The summed E-state index contributed by atoms with van der Waals surface area (Å²) in [4.78, 5) is 20.8. The number of hydrogen-bond donors (Lipinski definition) is 2. The molecule has 2 heterocycles. The third kappa shape index (κ3) is 5.15. The highest BCUT2D eigenvalue weighted by Gasteiger charge is 2.26. The Bertz CT molecular complexity index is 1270. The van der Waals surface area contributed by atoms with Gasteiger partial charge in [-0.2, -0.15) is 0 Å². The van der Waals surface area contributed by atoms with Crippen molar-refractivity contribution in [1.82, 2.24) is 15.3 Å². The molecule has 0 aliphatic carbocycles. The van der Waals surface area contributed by atoms with Crippen LogP contribution in [0.3, 0.4) is 0 Å². The maximum absolute atomic E-state index is 13.0. The first kappa shape index (κ1) is 23.5. The van der Waals surface area contributed by atoms with Gasteiger partial charge in [0.25, 0.3) is 5.91 Å². The maximum atomic E-state index is 13.0. The molecular formula is C23H27ClN4O4S. The van der Waals surface area contributed by atoms with Crippen molar-refractivity contribution in [2.24, 2.45) is 0 Å². The first-order valence-electron chi connectivity index (χ1n) is 10.8. The second-order valence-electron chi connectivity index (χ2n) is 8.21. The normalized spacial score (nSPS) is 17.0. The van der Waals surface area contributed by atoms with Gasteiger partial charge in [0, 0.05) is 24.2 Å². The molecule has 0 radical (unpaired) electrons. The smallest absolute Gasteiger partial charge is 0.251 e. The summed E-state index contributed by atoms with van der Waals surface area (Å²) in [7, 11) is -1.80. The molecule has 0 bridgehead atoms. The lowest BCUT2D eigenvalue weighted by Gasteiger charge is -2.24. The minimum absolute atomic E-state index is 0.149. The number of imidazole rings is 1. The predicted octanol–water partition coefficient (Wildman–Crippen LogP) is 3.96. The van der Waals surface area contributed by atoms with E-state index < -0.39 is 16.1 Å². The molecule has 0 saturated carbocycles. The van der Waals surface area contributed by atoms with Gasteiger partial charge in [0.1, 0.15) is 11.9 Å². The van der Waals surface area contributed by atoms with Gasteiger partial charge in [-0.1, -0.05) is 18.0 Å². The van der Waals surface area contributed by atoms with Crippen LogP contribution in [0.1, 0.15) is 47.1 Å². The van der Waals surface area contributed by atoms with E-state index in [9.17, 15) is 13.2 Å². The van der Waals surface area contributed by atoms with Gasteiger partial charge in [-0.25, -0.2) is 13.4 Å². The molecule has 4 rings (SSSR count). The van der Waals surface area contributed by atoms with E-state index >= 15 is 0 Å². The second-order valence-corrected chi connectivity index (χ2v) is 10.7. The van der Waals surface area contributed by atoms with E-state index in [1.807, 2.05) is 13.0 Å². The van der Waals surface area contributed by atoms with Gasteiger partial charge in [0.05, 0.1) is 29.1 Å². The largest absolute Gasteiger partial charge is 0.382 e. The molecule has 1 fully saturated rings. The summed E-state index contributed by atoms with van der Waals surface area (Å²) in [6.45, 7) is 2.51. The summed E-state index contributed by atoms with van der Waals surface area (Å²) in [5.41, 5.74) is 3.30. The number of H-pyrrole nitrogens is 1. The van der Waals surface area contributed by atoms with E-state index in [-0.39, 0.29) is 18.3 Å². The van der Waals surface area contributed by atoms with Crippen molar-refractivity contribution in [3.05, 3.63) is 58.4 Å². The lowest BCUT2D eigenvalue weighted by atomic mass is 10.1. The fourth-order valence-electron chi connectivity index (χ4n) is 4.08. The average molecular weight is 491 g/mol. The average Bonchev–Trinajstić information content (AvgIpc) is 3.10. The molecule has 2 N–H and O–H groups in total. The molecule has 8 nitrogen and oxygen atoms in total. The highest BCUT2D eigenvalue weighted by Crippen LogP contribution is 2.28. The molecule has 3 aromatic rings. The Morgan fingerprint density at radius 1 is 1.24 bits per heavy atom. The van der Waals surface area contributed by atoms with E-state index in [4.69, 9.17) is 16.3 Å². The van der Waals surface area contributed by atoms with Gasteiger partial charge in [-0.05, 0) is 61.7 Å². The van der Waals surface area contributed by atoms with Crippen molar-refractivity contribution in [3.8, 4) is 0 Å². The summed E-state index contributed by atoms with van der Waals surface area (Å²) >= 11 is 6.06. The van der Waals surface area contributed by atoms with E-state index in [0.717, 1.165) is 29.4 Å². The molecule has 10 heteroatoms. The number of aromatic nitrogens is 2. The van der Waals surface area contributed by atoms with E-state index in [0.29, 0.717) is 35.1 Å². The number of aromatic amines is 1. The van der Waals surface area contributed by atoms with Gasteiger partial charge >= 0.3 is 0 Å². The maximum Gasteiger partial charge on any atom is 0.251 e. The monoisotopic (exact) mass is 490 g/mol. The number of anilines is 1. The van der Waals surface area contributed by atoms with Gasteiger partial charge < -0.3 is 15.0 Å². The molecule has 1 atom stereocenters. The molecule has 1 aliphatic heterocycles. The minimum Gasteiger partial charge on any atom is -0.382 e. The van der Waals surface area contributed by atoms with Crippen LogP contribution in [0.4, 0.5) is 5.69 Å². The summed E-state index contributed by atoms with van der Waals surface area (Å²) < 4.78 is 32.1. The number of fused-ring (bicyclic) bond motifs is 1. The quantitative estimate of drug-likeness (QED) is 0.544. The summed E-state index contributed by atoms with van der Waals surface area (Å²) in [5.74, 6) is 0.409. The third-order valence-electron chi connectivity index (χ3n) is 5.76. The first-order valence-corrected chi connectivity index (χ1v) is 12.8. The van der Waals surface area contributed by atoms with Crippen molar-refractivity contribution in [2.75, 3.05) is 30.3 Å². The summed E-state index contributed by atoms with van der Waals surface area (Å²) in [6.07, 6.45) is 2.39. The number of benzene rings is 2. The Labute approximate surface area is 198 Å². The zero-order valence-corrected chi connectivity index (χ0v) is 20.2. The Balaban J connectivity index is 1.56. The van der Waals surface area contributed by atoms with Crippen molar-refractivity contribution >= 4 is 44.3 Å². The van der Waals surface area contributed by atoms with Crippen molar-refractivity contribution in [1.29, 1.82) is 0 Å². The third-order valence-corrected chi connectivity index (χ3v) is 7.85. The van der Waals surface area contributed by atoms with Crippen LogP contribution in [-0.2, 0) is 14.8 Å². The number of nitrogens with zero attached hydrogens (tertiary/aromatic N) is 2. The molecule has 1 aliphatic rings. The second kappa shape index (κ2) is 9.70. The minimum atomic E-state index is -3.35. The number of sulfonamides is 1. The van der Waals surface area contributed by atoms with Crippen LogP contribution in [0, 0.1) is 6.92 Å². The van der Waals surface area contributed by atoms with Gasteiger partial charge in [-0.15, -0.1) is 0 Å². The highest BCUT2D eigenvalue weighted by molar-refractivity contribution is 7.92. The SMILES string of the molecule is COCC(NC(=O)c1ccc(N2CCCCCS2(=O)=O)c(C)c1)c1nc2ccc(Cl)cc2[nH]1. The number of methoxy groups -OCH3 is 1. The highest BCUT2D eigenvalue weighted by atomic mass is 35.5. The Morgan fingerprint density at radius 2 is 2.06 bits per heavy atom. The Hall–Kier alpha value is -2.62. The van der Waals surface area contributed by atoms with E-state index in [2.05, 4.69) is 15.3 Å². The number of nitrogens with one attached hydrogen (secondary N) is 2. The number of carbonyl (C=O) groups excluding carboxylic acids is 1. The standard InChI is InChI=1S/C23H27ClN4O4S/c1-15-12-16(6-9-21(15)28-10-4-3-5-11-33(28,30)31)23(29)27-20(14-32-2)22-25-18-8-7-17(24)13-19(18)26-22/h6-9,12-13,20H,3-5,10-11,14H2,1-2H3,(H,25,26)(H,27,29). The van der Waals surface area contributed by atoms with Crippen LogP contribution in [-0.4, -0.2) is 50.3 Å². The molecule has 33 heavy (non-hydrogen) atoms. The molecule has 1 unspecified atom stereocenters. The van der Waals surface area contributed by atoms with Crippen molar-refractivity contribution < 1.29 is 17.9 Å². The summed E-state index contributed by atoms with van der Waals surface area (Å²) in [5, 5.41) is 3.55. The molecule has 176 valence electrons. The van der Waals surface area contributed by atoms with Gasteiger partial charge in [-0.3, -0.25) is 9.10 Å². The number of rotatable bonds is 6. The molecule has 2 aromatic carbocycles. The summed E-state index contributed by atoms with van der Waals surface area (Å²) in [6, 6.07) is 9.92. The van der Waals surface area contributed by atoms with Crippen LogP contribution < -0.4 is 9.62 Å². The topological polar surface area (TPSA) is 104 Å². The number of halogens is 1. The van der Waals surface area contributed by atoms with Crippen LogP contribution in [0.15, 0.2) is 36.4 Å². The Morgan fingerprint density at radius 3 is 2.82 bits per heavy atom. The number of amides is 1. The van der Waals surface area contributed by atoms with Gasteiger partial charge in [0.15, 0.2) is 0 Å². The number of carbonyl (C=O) groups is 1. The molecule has 0 spiro atoms. The Kier molecular flexibility index (Phi) is 6.92. The fraction of sp³-hybridized carbons (Fsp3) is 0.391. The number of hydrogen-bond acceptors (Lipinski definition) is 5. The van der Waals surface area contributed by atoms with Crippen LogP contribution in [0.5, 0.6) is 0 Å². The number of aryl methyl sites for hydroxylation is 1. The van der Waals surface area contributed by atoms with E-state index in [1.54, 1.807) is 37.4 Å². The molecule has 1 saturated heterocycles. The first-order chi connectivity index (χ1) is 15.8. The molecule has 1 aromatic heterocycles. The van der Waals surface area contributed by atoms with Crippen molar-refractivity contribution in [2.45, 2.75) is 32.2 Å². The predicted molar refractivity (Wildman–Crippen MR) is 129 cm³/mol. The van der Waals surface area contributed by atoms with Crippen LogP contribution >= 0.6 is 11.6 Å². The zero-order chi connectivity index (χ0) is 23.6. The van der Waals surface area contributed by atoms with E-state index in [1.165, 1.54) is 4.31 Å². The van der Waals surface area contributed by atoms with Crippen molar-refractivity contribution in [3.63, 3.8) is 0 Å².